The van der Waals surface area contributed by atoms with Crippen LogP contribution >= 0.6 is 0 Å². The van der Waals surface area contributed by atoms with Crippen LogP contribution in [0.2, 0.25) is 0 Å². The molecule has 2 N–H and O–H groups in total. The molecule has 2 aliphatic carbocycles. The van der Waals surface area contributed by atoms with E-state index in [0.29, 0.717) is 44.9 Å². The van der Waals surface area contributed by atoms with Crippen molar-refractivity contribution in [2.45, 2.75) is 62.6 Å². The number of carbonyl (C=O) groups excluding carboxylic acids is 1. The molecule has 1 heterocycles. The first-order chi connectivity index (χ1) is 16.8. The van der Waals surface area contributed by atoms with Gasteiger partial charge in [-0.2, -0.15) is 0 Å². The molecule has 188 valence electrons. The molecule has 2 unspecified atom stereocenters. The maximum Gasteiger partial charge on any atom is 0.260 e. The van der Waals surface area contributed by atoms with Gasteiger partial charge < -0.3 is 24.6 Å². The van der Waals surface area contributed by atoms with Gasteiger partial charge in [0.25, 0.3) is 5.91 Å². The normalized spacial score (nSPS) is 32.5. The van der Waals surface area contributed by atoms with Gasteiger partial charge in [-0.3, -0.25) is 4.79 Å². The Labute approximate surface area is 207 Å². The van der Waals surface area contributed by atoms with Crippen molar-refractivity contribution >= 4 is 5.91 Å². The van der Waals surface area contributed by atoms with Crippen LogP contribution in [0.4, 0.5) is 0 Å². The fourth-order valence-corrected chi connectivity index (χ4v) is 6.85. The summed E-state index contributed by atoms with van der Waals surface area (Å²) in [6.07, 6.45) is 3.76. The van der Waals surface area contributed by atoms with E-state index in [1.165, 1.54) is 11.1 Å². The molecule has 1 aliphatic heterocycles. The summed E-state index contributed by atoms with van der Waals surface area (Å²) in [5.74, 6) is 0.957. The second-order valence-corrected chi connectivity index (χ2v) is 10.7. The minimum atomic E-state index is -1.28. The van der Waals surface area contributed by atoms with Crippen LogP contribution in [0.1, 0.15) is 56.2 Å². The number of rotatable bonds is 5. The van der Waals surface area contributed by atoms with Crippen LogP contribution in [0.25, 0.3) is 0 Å². The molecule has 2 aromatic rings. The summed E-state index contributed by atoms with van der Waals surface area (Å²) >= 11 is 0. The fourth-order valence-electron chi connectivity index (χ4n) is 6.85. The average Bonchev–Trinajstić information content (AvgIpc) is 2.88. The summed E-state index contributed by atoms with van der Waals surface area (Å²) in [4.78, 5) is 14.3. The number of morpholine rings is 1. The fraction of sp³-hybridized carbons (Fsp3) is 0.552. The lowest BCUT2D eigenvalue weighted by atomic mass is 9.49. The van der Waals surface area contributed by atoms with Crippen molar-refractivity contribution in [3.8, 4) is 5.75 Å². The SMILES string of the molecule is CCC12CC(C)(O)[C@](O)(c3ccccc3)C[C@H]1CCc1cc(OCC(=O)N3CCOCC3)ccc12. The zero-order valence-electron chi connectivity index (χ0n) is 20.8. The standard InChI is InChI=1S/C29H37NO5/c1-3-28-20-27(2,32)29(33,22-7-5-4-6-8-22)18-23(28)10-9-21-17-24(11-12-25(21)28)35-19-26(31)30-13-15-34-16-14-30/h4-8,11-12,17,23,32-33H,3,9-10,13-16,18-20H2,1-2H3/t23-,27?,28?,29-/m1/s1. The van der Waals surface area contributed by atoms with Crippen molar-refractivity contribution in [1.82, 2.24) is 4.90 Å². The first kappa shape index (κ1) is 24.3. The molecule has 1 amide bonds. The highest BCUT2D eigenvalue weighted by Crippen LogP contribution is 2.60. The zero-order valence-corrected chi connectivity index (χ0v) is 20.8. The molecule has 35 heavy (non-hydrogen) atoms. The molecule has 6 nitrogen and oxygen atoms in total. The number of benzene rings is 2. The van der Waals surface area contributed by atoms with Crippen LogP contribution in [0.15, 0.2) is 48.5 Å². The van der Waals surface area contributed by atoms with Crippen LogP contribution < -0.4 is 4.74 Å². The largest absolute Gasteiger partial charge is 0.484 e. The number of carbonyl (C=O) groups is 1. The van der Waals surface area contributed by atoms with E-state index in [1.807, 2.05) is 36.4 Å². The monoisotopic (exact) mass is 479 g/mol. The van der Waals surface area contributed by atoms with E-state index in [4.69, 9.17) is 9.47 Å². The summed E-state index contributed by atoms with van der Waals surface area (Å²) in [5, 5.41) is 23.5. The van der Waals surface area contributed by atoms with Crippen LogP contribution in [-0.2, 0) is 27.0 Å². The predicted octanol–water partition coefficient (Wildman–Crippen LogP) is 3.57. The Balaban J connectivity index is 1.38. The Bertz CT molecular complexity index is 1060. The number of amides is 1. The first-order valence-corrected chi connectivity index (χ1v) is 12.9. The maximum absolute atomic E-state index is 12.5. The van der Waals surface area contributed by atoms with E-state index >= 15 is 0 Å². The summed E-state index contributed by atoms with van der Waals surface area (Å²) < 4.78 is 11.2. The van der Waals surface area contributed by atoms with Crippen LogP contribution in [0.5, 0.6) is 5.75 Å². The molecule has 4 atom stereocenters. The molecule has 1 saturated heterocycles. The van der Waals surface area contributed by atoms with E-state index in [0.717, 1.165) is 24.8 Å². The third-order valence-electron chi connectivity index (χ3n) is 8.86. The quantitative estimate of drug-likeness (QED) is 0.686. The van der Waals surface area contributed by atoms with Gasteiger partial charge in [-0.05, 0) is 73.8 Å². The number of hydrogen-bond acceptors (Lipinski definition) is 5. The summed E-state index contributed by atoms with van der Waals surface area (Å²) in [5.41, 5.74) is 0.501. The first-order valence-electron chi connectivity index (χ1n) is 12.9. The number of aryl methyl sites for hydroxylation is 1. The van der Waals surface area contributed by atoms with E-state index in [9.17, 15) is 15.0 Å². The molecular formula is C29H37NO5. The number of ether oxygens (including phenoxy) is 2. The lowest BCUT2D eigenvalue weighted by Gasteiger charge is -2.59. The molecular weight excluding hydrogens is 442 g/mol. The third-order valence-corrected chi connectivity index (χ3v) is 8.86. The van der Waals surface area contributed by atoms with Crippen molar-refractivity contribution in [1.29, 1.82) is 0 Å². The molecule has 1 saturated carbocycles. The molecule has 3 aliphatic rings. The van der Waals surface area contributed by atoms with Crippen LogP contribution in [-0.4, -0.2) is 59.5 Å². The Morgan fingerprint density at radius 3 is 2.60 bits per heavy atom. The maximum atomic E-state index is 12.5. The van der Waals surface area contributed by atoms with Crippen LogP contribution in [0.3, 0.4) is 0 Å². The van der Waals surface area contributed by atoms with Crippen molar-refractivity contribution in [3.63, 3.8) is 0 Å². The molecule has 2 aromatic carbocycles. The molecule has 0 aromatic heterocycles. The summed E-state index contributed by atoms with van der Waals surface area (Å²) in [7, 11) is 0. The Morgan fingerprint density at radius 2 is 1.89 bits per heavy atom. The number of aliphatic hydroxyl groups is 2. The van der Waals surface area contributed by atoms with Gasteiger partial charge in [-0.15, -0.1) is 0 Å². The molecule has 0 radical (unpaired) electrons. The van der Waals surface area contributed by atoms with E-state index in [2.05, 4.69) is 19.1 Å². The van der Waals surface area contributed by atoms with Crippen LogP contribution in [0, 0.1) is 5.92 Å². The second-order valence-electron chi connectivity index (χ2n) is 10.7. The number of hydrogen-bond donors (Lipinski definition) is 2. The minimum Gasteiger partial charge on any atom is -0.484 e. The number of nitrogens with zero attached hydrogens (tertiary/aromatic N) is 1. The lowest BCUT2D eigenvalue weighted by Crippen LogP contribution is -2.62. The highest BCUT2D eigenvalue weighted by atomic mass is 16.5. The second kappa shape index (κ2) is 9.23. The van der Waals surface area contributed by atoms with Crippen molar-refractivity contribution in [2.75, 3.05) is 32.9 Å². The Morgan fingerprint density at radius 1 is 1.14 bits per heavy atom. The number of fused-ring (bicyclic) bond motifs is 3. The minimum absolute atomic E-state index is 0.0142. The third kappa shape index (κ3) is 4.15. The predicted molar refractivity (Wildman–Crippen MR) is 133 cm³/mol. The highest BCUT2D eigenvalue weighted by molar-refractivity contribution is 5.77. The van der Waals surface area contributed by atoms with Gasteiger partial charge in [-0.25, -0.2) is 0 Å². The van der Waals surface area contributed by atoms with Gasteiger partial charge in [0, 0.05) is 18.5 Å². The van der Waals surface area contributed by atoms with Gasteiger partial charge in [0.15, 0.2) is 6.61 Å². The molecule has 6 heteroatoms. The van der Waals surface area contributed by atoms with E-state index in [-0.39, 0.29) is 23.8 Å². The van der Waals surface area contributed by atoms with Gasteiger partial charge in [-0.1, -0.05) is 43.3 Å². The molecule has 0 spiro atoms. The lowest BCUT2D eigenvalue weighted by molar-refractivity contribution is -0.205. The Kier molecular flexibility index (Phi) is 6.41. The van der Waals surface area contributed by atoms with Gasteiger partial charge >= 0.3 is 0 Å². The van der Waals surface area contributed by atoms with Crippen molar-refractivity contribution < 1.29 is 24.5 Å². The van der Waals surface area contributed by atoms with Crippen molar-refractivity contribution in [3.05, 3.63) is 65.2 Å². The smallest absolute Gasteiger partial charge is 0.260 e. The average molecular weight is 480 g/mol. The molecule has 2 fully saturated rings. The Hall–Kier alpha value is -2.41. The van der Waals surface area contributed by atoms with E-state index < -0.39 is 11.2 Å². The molecule has 5 rings (SSSR count). The highest BCUT2D eigenvalue weighted by Gasteiger charge is 2.60. The zero-order chi connectivity index (χ0) is 24.7. The van der Waals surface area contributed by atoms with E-state index in [1.54, 1.807) is 11.8 Å². The summed E-state index contributed by atoms with van der Waals surface area (Å²) in [6, 6.07) is 15.8. The van der Waals surface area contributed by atoms with Crippen molar-refractivity contribution in [2.24, 2.45) is 5.92 Å². The van der Waals surface area contributed by atoms with Gasteiger partial charge in [0.1, 0.15) is 11.4 Å². The van der Waals surface area contributed by atoms with Gasteiger partial charge in [0.2, 0.25) is 0 Å². The summed E-state index contributed by atoms with van der Waals surface area (Å²) in [6.45, 7) is 6.39. The topological polar surface area (TPSA) is 79.2 Å². The van der Waals surface area contributed by atoms with Gasteiger partial charge in [0.05, 0.1) is 18.8 Å². The molecule has 0 bridgehead atoms.